The van der Waals surface area contributed by atoms with Gasteiger partial charge in [-0.05, 0) is 40.1 Å². The Bertz CT molecular complexity index is 1460. The first-order chi connectivity index (χ1) is 19.0. The SMILES string of the molecule is CC(=O)N1Cc2cc([S+](C)(=O)O)ccc2C1COCNc1ccc(C(c2nnn(C)n2)(C(F)(F)F)C(F)(F)F)cc1. The van der Waals surface area contributed by atoms with E-state index in [1.165, 1.54) is 24.1 Å². The Morgan fingerprint density at radius 3 is 2.27 bits per heavy atom. The van der Waals surface area contributed by atoms with Crippen LogP contribution in [0.15, 0.2) is 47.4 Å². The summed E-state index contributed by atoms with van der Waals surface area (Å²) < 4.78 is 112. The van der Waals surface area contributed by atoms with E-state index in [0.29, 0.717) is 22.5 Å². The monoisotopic (exact) mass is 607 g/mol. The number of rotatable bonds is 8. The number of alkyl halides is 6. The van der Waals surface area contributed by atoms with Gasteiger partial charge in [-0.15, -0.1) is 10.2 Å². The number of hydrogen-bond donors (Lipinski definition) is 2. The van der Waals surface area contributed by atoms with Crippen molar-refractivity contribution < 1.29 is 44.6 Å². The number of nitrogens with one attached hydrogen (secondary N) is 1. The maximum Gasteiger partial charge on any atom is 0.414 e. The number of aryl methyl sites for hydroxylation is 1. The van der Waals surface area contributed by atoms with Crippen molar-refractivity contribution in [3.8, 4) is 0 Å². The van der Waals surface area contributed by atoms with E-state index in [9.17, 15) is 39.9 Å². The van der Waals surface area contributed by atoms with Gasteiger partial charge < -0.3 is 15.0 Å². The maximum absolute atomic E-state index is 14.1. The van der Waals surface area contributed by atoms with Gasteiger partial charge in [0.2, 0.25) is 27.4 Å². The minimum atomic E-state index is -5.84. The number of carbonyl (C=O) groups excluding carboxylic acids is 1. The predicted octanol–water partition coefficient (Wildman–Crippen LogP) is 4.07. The summed E-state index contributed by atoms with van der Waals surface area (Å²) in [7, 11) is -2.15. The molecule has 0 radical (unpaired) electrons. The zero-order valence-electron chi connectivity index (χ0n) is 21.8. The average Bonchev–Trinajstić information content (AvgIpc) is 3.44. The Morgan fingerprint density at radius 2 is 1.76 bits per heavy atom. The van der Waals surface area contributed by atoms with Crippen LogP contribution in [0.5, 0.6) is 0 Å². The van der Waals surface area contributed by atoms with E-state index in [4.69, 9.17) is 4.74 Å². The molecule has 1 aromatic heterocycles. The first-order valence-electron chi connectivity index (χ1n) is 11.9. The summed E-state index contributed by atoms with van der Waals surface area (Å²) in [5.41, 5.74) is -4.07. The highest BCUT2D eigenvalue weighted by molar-refractivity contribution is 7.97. The summed E-state index contributed by atoms with van der Waals surface area (Å²) >= 11 is 0. The maximum atomic E-state index is 14.1. The number of ether oxygens (including phenoxy) is 1. The number of aromatic nitrogens is 4. The van der Waals surface area contributed by atoms with Gasteiger partial charge in [0.1, 0.15) is 13.0 Å². The number of nitrogens with zero attached hydrogens (tertiary/aromatic N) is 5. The number of anilines is 1. The van der Waals surface area contributed by atoms with E-state index in [1.54, 1.807) is 12.1 Å². The molecule has 2 heterocycles. The van der Waals surface area contributed by atoms with Crippen molar-refractivity contribution in [2.24, 2.45) is 7.05 Å². The van der Waals surface area contributed by atoms with E-state index in [0.717, 1.165) is 24.7 Å². The van der Waals surface area contributed by atoms with Gasteiger partial charge in [-0.2, -0.15) is 35.7 Å². The van der Waals surface area contributed by atoms with Gasteiger partial charge in [-0.1, -0.05) is 22.4 Å². The van der Waals surface area contributed by atoms with Crippen LogP contribution < -0.4 is 5.32 Å². The summed E-state index contributed by atoms with van der Waals surface area (Å²) in [4.78, 5) is 14.4. The van der Waals surface area contributed by atoms with Crippen molar-refractivity contribution >= 4 is 21.8 Å². The van der Waals surface area contributed by atoms with Crippen molar-refractivity contribution in [1.82, 2.24) is 25.1 Å². The third-order valence-electron chi connectivity index (χ3n) is 6.70. The van der Waals surface area contributed by atoms with E-state index >= 15 is 0 Å². The number of halogens is 6. The number of benzene rings is 2. The van der Waals surface area contributed by atoms with Crippen molar-refractivity contribution in [3.63, 3.8) is 0 Å². The predicted molar refractivity (Wildman–Crippen MR) is 133 cm³/mol. The number of tetrazole rings is 1. The fourth-order valence-corrected chi connectivity index (χ4v) is 5.38. The average molecular weight is 608 g/mol. The Labute approximate surface area is 230 Å². The van der Waals surface area contributed by atoms with E-state index in [2.05, 4.69) is 20.7 Å². The van der Waals surface area contributed by atoms with Crippen LogP contribution in [-0.2, 0) is 43.0 Å². The first-order valence-corrected chi connectivity index (χ1v) is 13.8. The van der Waals surface area contributed by atoms with Crippen LogP contribution in [0, 0.1) is 0 Å². The molecule has 1 amide bonds. The highest BCUT2D eigenvalue weighted by Crippen LogP contribution is 2.55. The van der Waals surface area contributed by atoms with Crippen LogP contribution >= 0.6 is 0 Å². The van der Waals surface area contributed by atoms with Crippen LogP contribution in [0.2, 0.25) is 0 Å². The number of fused-ring (bicyclic) bond motifs is 1. The molecule has 0 fully saturated rings. The summed E-state index contributed by atoms with van der Waals surface area (Å²) in [6.07, 6.45) is -10.5. The van der Waals surface area contributed by atoms with Crippen LogP contribution in [0.25, 0.3) is 0 Å². The standard InChI is InChI=1S/C24H24F6N6O4S/c1-14(37)36-11-15-10-18(41(3,38)39)8-9-19(15)20(36)12-40-13-31-17-6-4-16(5-7-17)22(23(25,26)27,24(28,29)30)21-32-34-35(2)33-21/h4-10,20,31H,11-13H2,1-3H3/p+1. The lowest BCUT2D eigenvalue weighted by Crippen LogP contribution is -2.55. The second kappa shape index (κ2) is 10.7. The normalized spacial score (nSPS) is 17.3. The second-order valence-corrected chi connectivity index (χ2v) is 11.5. The third kappa shape index (κ3) is 5.65. The summed E-state index contributed by atoms with van der Waals surface area (Å²) in [6.45, 7) is 1.38. The van der Waals surface area contributed by atoms with Gasteiger partial charge in [0.25, 0.3) is 0 Å². The second-order valence-electron chi connectivity index (χ2n) is 9.44. The molecule has 17 heteroatoms. The van der Waals surface area contributed by atoms with Crippen molar-refractivity contribution in [3.05, 3.63) is 65.0 Å². The van der Waals surface area contributed by atoms with Crippen LogP contribution in [0.1, 0.15) is 35.5 Å². The highest BCUT2D eigenvalue weighted by Gasteiger charge is 2.75. The molecular formula is C24H25F6N6O4S+. The topological polar surface area (TPSA) is 122 Å². The van der Waals surface area contributed by atoms with Crippen LogP contribution in [0.3, 0.4) is 0 Å². The lowest BCUT2D eigenvalue weighted by Gasteiger charge is -2.35. The van der Waals surface area contributed by atoms with Gasteiger partial charge in [-0.3, -0.25) is 4.79 Å². The molecule has 2 unspecified atom stereocenters. The molecule has 41 heavy (non-hydrogen) atoms. The summed E-state index contributed by atoms with van der Waals surface area (Å²) in [5, 5.41) is 12.2. The van der Waals surface area contributed by atoms with Crippen LogP contribution in [0.4, 0.5) is 32.0 Å². The minimum absolute atomic E-state index is 0.00123. The largest absolute Gasteiger partial charge is 0.414 e. The van der Waals surface area contributed by atoms with E-state index < -0.39 is 45.4 Å². The number of amides is 1. The quantitative estimate of drug-likeness (QED) is 0.170. The molecule has 2 aromatic carbocycles. The summed E-state index contributed by atoms with van der Waals surface area (Å²) in [5.74, 6) is -1.81. The molecule has 10 nitrogen and oxygen atoms in total. The zero-order valence-corrected chi connectivity index (χ0v) is 22.6. The van der Waals surface area contributed by atoms with Crippen molar-refractivity contribution in [2.45, 2.75) is 42.2 Å². The van der Waals surface area contributed by atoms with Gasteiger partial charge in [0.15, 0.2) is 4.90 Å². The third-order valence-corrected chi connectivity index (χ3v) is 7.83. The molecule has 2 atom stereocenters. The Balaban J connectivity index is 1.49. The Morgan fingerprint density at radius 1 is 1.12 bits per heavy atom. The fourth-order valence-electron chi connectivity index (χ4n) is 4.70. The Hall–Kier alpha value is -3.57. The van der Waals surface area contributed by atoms with Crippen molar-refractivity contribution in [1.29, 1.82) is 0 Å². The van der Waals surface area contributed by atoms with Gasteiger partial charge in [0, 0.05) is 25.2 Å². The Kier molecular flexibility index (Phi) is 7.92. The lowest BCUT2D eigenvalue weighted by molar-refractivity contribution is -0.291. The number of hydrogen-bond acceptors (Lipinski definition) is 7. The minimum Gasteiger partial charge on any atom is -0.363 e. The molecule has 2 N–H and O–H groups in total. The highest BCUT2D eigenvalue weighted by atomic mass is 32.3. The zero-order chi connectivity index (χ0) is 30.4. The van der Waals surface area contributed by atoms with Gasteiger partial charge in [0.05, 0.1) is 19.7 Å². The first kappa shape index (κ1) is 30.4. The molecular weight excluding hydrogens is 582 g/mol. The molecule has 0 saturated heterocycles. The molecule has 4 rings (SSSR count). The molecule has 0 aliphatic carbocycles. The molecule has 222 valence electrons. The summed E-state index contributed by atoms with van der Waals surface area (Å²) in [6, 6.07) is 7.61. The van der Waals surface area contributed by atoms with E-state index in [1.807, 2.05) is 0 Å². The number of carbonyl (C=O) groups is 1. The van der Waals surface area contributed by atoms with Gasteiger partial charge in [-0.25, -0.2) is 0 Å². The molecule has 0 spiro atoms. The molecule has 0 saturated carbocycles. The molecule has 3 aromatic rings. The molecule has 0 bridgehead atoms. The fraction of sp³-hybridized carbons (Fsp3) is 0.417. The van der Waals surface area contributed by atoms with Gasteiger partial charge >= 0.3 is 12.4 Å². The van der Waals surface area contributed by atoms with E-state index in [-0.39, 0.29) is 36.4 Å². The molecule has 1 aliphatic rings. The van der Waals surface area contributed by atoms with Crippen LogP contribution in [-0.4, -0.2) is 67.5 Å². The smallest absolute Gasteiger partial charge is 0.363 e. The lowest BCUT2D eigenvalue weighted by atomic mass is 9.78. The molecule has 1 aliphatic heterocycles. The van der Waals surface area contributed by atoms with Crippen molar-refractivity contribution in [2.75, 3.05) is 24.9 Å².